The van der Waals surface area contributed by atoms with E-state index in [1.54, 1.807) is 4.68 Å². The minimum absolute atomic E-state index is 0.0784. The van der Waals surface area contributed by atoms with Crippen molar-refractivity contribution in [2.75, 3.05) is 17.2 Å². The molecule has 3 aromatic rings. The molecule has 0 aliphatic carbocycles. The third-order valence-electron chi connectivity index (χ3n) is 3.90. The third kappa shape index (κ3) is 4.72. The summed E-state index contributed by atoms with van der Waals surface area (Å²) in [4.78, 5) is 14.2. The predicted molar refractivity (Wildman–Crippen MR) is 104 cm³/mol. The molecule has 1 aromatic heterocycles. The summed E-state index contributed by atoms with van der Waals surface area (Å²) in [5.74, 6) is -0.525. The lowest BCUT2D eigenvalue weighted by Crippen LogP contribution is -2.33. The molecule has 0 fully saturated rings. The Morgan fingerprint density at radius 3 is 2.79 bits per heavy atom. The molecule has 0 saturated heterocycles. The average molecular weight is 396 g/mol. The molecule has 28 heavy (non-hydrogen) atoms. The van der Waals surface area contributed by atoms with Gasteiger partial charge in [-0.25, -0.2) is 4.39 Å². The number of aromatic nitrogens is 4. The highest BCUT2D eigenvalue weighted by atomic mass is 32.2. The number of hydrogen-bond donors (Lipinski definition) is 0. The highest BCUT2D eigenvalue weighted by Crippen LogP contribution is 2.22. The van der Waals surface area contributed by atoms with Crippen LogP contribution in [0.4, 0.5) is 10.1 Å². The zero-order valence-electron chi connectivity index (χ0n) is 15.1. The number of nitriles is 1. The molecule has 3 rings (SSSR count). The summed E-state index contributed by atoms with van der Waals surface area (Å²) >= 11 is 1.20. The predicted octanol–water partition coefficient (Wildman–Crippen LogP) is 3.15. The van der Waals surface area contributed by atoms with E-state index in [2.05, 4.69) is 15.5 Å². The molecule has 0 radical (unpaired) electrons. The Morgan fingerprint density at radius 2 is 2.07 bits per heavy atom. The second-order valence-corrected chi connectivity index (χ2v) is 6.87. The van der Waals surface area contributed by atoms with Crippen molar-refractivity contribution in [1.82, 2.24) is 20.2 Å². The topological polar surface area (TPSA) is 87.7 Å². The van der Waals surface area contributed by atoms with Crippen LogP contribution in [-0.4, -0.2) is 38.4 Å². The maximum atomic E-state index is 13.2. The Kier molecular flexibility index (Phi) is 6.34. The van der Waals surface area contributed by atoms with E-state index in [1.807, 2.05) is 37.3 Å². The lowest BCUT2D eigenvalue weighted by atomic mass is 10.2. The molecular formula is C19H17FN6OS. The number of carbonyl (C=O) groups excluding carboxylic acids is 1. The summed E-state index contributed by atoms with van der Waals surface area (Å²) in [7, 11) is 0. The zero-order chi connectivity index (χ0) is 19.9. The van der Waals surface area contributed by atoms with Crippen LogP contribution in [0.15, 0.2) is 53.7 Å². The minimum atomic E-state index is -0.386. The first-order valence-corrected chi connectivity index (χ1v) is 9.48. The number of benzene rings is 2. The van der Waals surface area contributed by atoms with Crippen molar-refractivity contribution in [2.24, 2.45) is 0 Å². The summed E-state index contributed by atoms with van der Waals surface area (Å²) in [6, 6.07) is 15.3. The van der Waals surface area contributed by atoms with Crippen LogP contribution in [0.1, 0.15) is 12.0 Å². The van der Waals surface area contributed by atoms with E-state index in [1.165, 1.54) is 40.9 Å². The zero-order valence-corrected chi connectivity index (χ0v) is 15.9. The molecule has 0 atom stereocenters. The number of aryl methyl sites for hydroxylation is 1. The molecule has 0 unspecified atom stereocenters. The van der Waals surface area contributed by atoms with Crippen molar-refractivity contribution >= 4 is 23.4 Å². The van der Waals surface area contributed by atoms with Gasteiger partial charge in [0.2, 0.25) is 11.1 Å². The van der Waals surface area contributed by atoms with Crippen molar-refractivity contribution in [3.05, 3.63) is 59.9 Å². The molecule has 142 valence electrons. The molecular weight excluding hydrogens is 379 g/mol. The second kappa shape index (κ2) is 9.10. The molecule has 0 N–H and O–H groups in total. The standard InChI is InChI=1S/C19H17FN6OS/c1-14-4-2-5-17(12-14)26-19(22-23-24-26)28-13-18(27)25(11-3-10-21)16-8-6-15(20)7-9-16/h2,4-9,12H,3,11,13H2,1H3. The van der Waals surface area contributed by atoms with Crippen LogP contribution < -0.4 is 4.90 Å². The first-order chi connectivity index (χ1) is 13.6. The van der Waals surface area contributed by atoms with E-state index in [0.29, 0.717) is 10.8 Å². The molecule has 9 heteroatoms. The number of amides is 1. The Labute approximate surface area is 165 Å². The average Bonchev–Trinajstić information content (AvgIpc) is 3.16. The van der Waals surface area contributed by atoms with Crippen LogP contribution in [0, 0.1) is 24.1 Å². The molecule has 0 aliphatic rings. The van der Waals surface area contributed by atoms with Gasteiger partial charge in [-0.2, -0.15) is 9.94 Å². The summed E-state index contributed by atoms with van der Waals surface area (Å²) < 4.78 is 14.8. The van der Waals surface area contributed by atoms with Crippen LogP contribution >= 0.6 is 11.8 Å². The fourth-order valence-corrected chi connectivity index (χ4v) is 3.34. The number of rotatable bonds is 7. The third-order valence-corrected chi connectivity index (χ3v) is 4.80. The van der Waals surface area contributed by atoms with E-state index in [-0.39, 0.29) is 30.4 Å². The van der Waals surface area contributed by atoms with Gasteiger partial charge in [0.05, 0.1) is 23.9 Å². The van der Waals surface area contributed by atoms with Gasteiger partial charge in [0.15, 0.2) is 0 Å². The molecule has 1 heterocycles. The number of thioether (sulfide) groups is 1. The second-order valence-electron chi connectivity index (χ2n) is 5.93. The van der Waals surface area contributed by atoms with Gasteiger partial charge >= 0.3 is 0 Å². The minimum Gasteiger partial charge on any atom is -0.311 e. The summed E-state index contributed by atoms with van der Waals surface area (Å²) in [6.07, 6.45) is 0.175. The van der Waals surface area contributed by atoms with E-state index >= 15 is 0 Å². The Bertz CT molecular complexity index is 998. The van der Waals surface area contributed by atoms with Crippen LogP contribution in [0.2, 0.25) is 0 Å². The highest BCUT2D eigenvalue weighted by Gasteiger charge is 2.18. The summed E-state index contributed by atoms with van der Waals surface area (Å²) in [6.45, 7) is 2.20. The highest BCUT2D eigenvalue weighted by molar-refractivity contribution is 7.99. The lowest BCUT2D eigenvalue weighted by molar-refractivity contribution is -0.116. The monoisotopic (exact) mass is 396 g/mol. The van der Waals surface area contributed by atoms with Gasteiger partial charge in [-0.15, -0.1) is 5.10 Å². The van der Waals surface area contributed by atoms with Gasteiger partial charge in [-0.3, -0.25) is 4.79 Å². The number of halogens is 1. The molecule has 0 aliphatic heterocycles. The first kappa shape index (κ1) is 19.5. The van der Waals surface area contributed by atoms with Gasteiger partial charge in [0.25, 0.3) is 0 Å². The van der Waals surface area contributed by atoms with Gasteiger partial charge in [0.1, 0.15) is 5.82 Å². The summed E-state index contributed by atoms with van der Waals surface area (Å²) in [5.41, 5.74) is 2.42. The molecule has 2 aromatic carbocycles. The molecule has 7 nitrogen and oxygen atoms in total. The van der Waals surface area contributed by atoms with Gasteiger partial charge in [-0.1, -0.05) is 23.9 Å². The van der Waals surface area contributed by atoms with E-state index in [4.69, 9.17) is 5.26 Å². The van der Waals surface area contributed by atoms with Crippen molar-refractivity contribution in [1.29, 1.82) is 5.26 Å². The van der Waals surface area contributed by atoms with Gasteiger partial charge in [-0.05, 0) is 59.3 Å². The smallest absolute Gasteiger partial charge is 0.237 e. The van der Waals surface area contributed by atoms with E-state index in [9.17, 15) is 9.18 Å². The number of hydrogen-bond acceptors (Lipinski definition) is 6. The fraction of sp³-hybridized carbons (Fsp3) is 0.211. The largest absolute Gasteiger partial charge is 0.311 e. The maximum Gasteiger partial charge on any atom is 0.237 e. The Morgan fingerprint density at radius 1 is 1.29 bits per heavy atom. The Balaban J connectivity index is 1.74. The van der Waals surface area contributed by atoms with Crippen molar-refractivity contribution in [2.45, 2.75) is 18.5 Å². The van der Waals surface area contributed by atoms with Crippen molar-refractivity contribution in [3.63, 3.8) is 0 Å². The van der Waals surface area contributed by atoms with E-state index < -0.39 is 0 Å². The molecule has 0 spiro atoms. The molecule has 0 saturated carbocycles. The maximum absolute atomic E-state index is 13.2. The quantitative estimate of drug-likeness (QED) is 0.570. The number of tetrazole rings is 1. The van der Waals surface area contributed by atoms with Crippen LogP contribution in [-0.2, 0) is 4.79 Å². The number of anilines is 1. The molecule has 1 amide bonds. The lowest BCUT2D eigenvalue weighted by Gasteiger charge is -2.21. The normalized spacial score (nSPS) is 10.5. The first-order valence-electron chi connectivity index (χ1n) is 8.49. The number of carbonyl (C=O) groups is 1. The van der Waals surface area contributed by atoms with E-state index in [0.717, 1.165) is 11.3 Å². The molecule has 0 bridgehead atoms. The number of nitrogens with zero attached hydrogens (tertiary/aromatic N) is 6. The fourth-order valence-electron chi connectivity index (χ4n) is 2.58. The van der Waals surface area contributed by atoms with Gasteiger partial charge in [0, 0.05) is 12.2 Å². The van der Waals surface area contributed by atoms with Crippen LogP contribution in [0.3, 0.4) is 0 Å². The SMILES string of the molecule is Cc1cccc(-n2nnnc2SCC(=O)N(CCC#N)c2ccc(F)cc2)c1. The van der Waals surface area contributed by atoms with Crippen LogP contribution in [0.25, 0.3) is 5.69 Å². The van der Waals surface area contributed by atoms with Gasteiger partial charge < -0.3 is 4.90 Å². The Hall–Kier alpha value is -3.25. The van der Waals surface area contributed by atoms with Crippen LogP contribution in [0.5, 0.6) is 0 Å². The van der Waals surface area contributed by atoms with Crippen molar-refractivity contribution in [3.8, 4) is 11.8 Å². The van der Waals surface area contributed by atoms with Crippen molar-refractivity contribution < 1.29 is 9.18 Å². The summed E-state index contributed by atoms with van der Waals surface area (Å²) in [5, 5.41) is 21.0.